The summed E-state index contributed by atoms with van der Waals surface area (Å²) in [5, 5.41) is 24.6. The Morgan fingerprint density at radius 1 is 1.06 bits per heavy atom. The van der Waals surface area contributed by atoms with E-state index in [1.807, 2.05) is 20.8 Å². The Hall–Kier alpha value is -0.640. The second-order valence-corrected chi connectivity index (χ2v) is 4.80. The molecule has 0 unspecified atom stereocenters. The fourth-order valence-electron chi connectivity index (χ4n) is 0.632. The lowest BCUT2D eigenvalue weighted by Crippen LogP contribution is -1.89. The molecule has 110 valence electrons. The third kappa shape index (κ3) is 45.3. The molecule has 3 N–H and O–H groups in total. The zero-order chi connectivity index (χ0) is 15.0. The zero-order valence-electron chi connectivity index (χ0n) is 12.7. The van der Waals surface area contributed by atoms with Crippen molar-refractivity contribution in [2.45, 2.75) is 47.5 Å². The van der Waals surface area contributed by atoms with Gasteiger partial charge in [-0.3, -0.25) is 0 Å². The van der Waals surface area contributed by atoms with Crippen molar-refractivity contribution in [3.8, 4) is 0 Å². The number of hydrogen-bond donors (Lipinski definition) is 3. The molecule has 3 heteroatoms. The first kappa shape index (κ1) is 22.5. The van der Waals surface area contributed by atoms with Gasteiger partial charge in [0.1, 0.15) is 0 Å². The first-order valence-electron chi connectivity index (χ1n) is 6.42. The summed E-state index contributed by atoms with van der Waals surface area (Å²) in [7, 11) is 0. The van der Waals surface area contributed by atoms with Crippen molar-refractivity contribution < 1.29 is 15.3 Å². The van der Waals surface area contributed by atoms with Gasteiger partial charge in [-0.1, -0.05) is 31.1 Å². The van der Waals surface area contributed by atoms with E-state index in [-0.39, 0.29) is 13.2 Å². The minimum absolute atomic E-state index is 0.169. The average Bonchev–Trinajstić information content (AvgIpc) is 2.18. The second-order valence-electron chi connectivity index (χ2n) is 4.80. The minimum atomic E-state index is 0.169. The standard InChI is InChI=1S/C5H12O.2C5H10O/c3*1-5(2)3-4-6/h5-6H,3-4H2,1-2H3;3,6H,4H2,1-2H3;6H,1,3-4H2,2H3. The molecule has 3 nitrogen and oxygen atoms in total. The van der Waals surface area contributed by atoms with Gasteiger partial charge >= 0.3 is 0 Å². The smallest absolute Gasteiger partial charge is 0.0614 e. The van der Waals surface area contributed by atoms with Crippen molar-refractivity contribution in [1.82, 2.24) is 0 Å². The van der Waals surface area contributed by atoms with E-state index in [1.165, 1.54) is 0 Å². The topological polar surface area (TPSA) is 60.7 Å². The van der Waals surface area contributed by atoms with Crippen LogP contribution in [0.1, 0.15) is 47.5 Å². The van der Waals surface area contributed by atoms with Crippen LogP contribution in [0.25, 0.3) is 0 Å². The predicted octanol–water partition coefficient (Wildman–Crippen LogP) is 2.91. The van der Waals surface area contributed by atoms with Crippen molar-refractivity contribution in [3.63, 3.8) is 0 Å². The van der Waals surface area contributed by atoms with Crippen LogP contribution in [0.3, 0.4) is 0 Å². The van der Waals surface area contributed by atoms with Gasteiger partial charge in [-0.2, -0.15) is 0 Å². The molecule has 0 rings (SSSR count). The van der Waals surface area contributed by atoms with Gasteiger partial charge in [-0.15, -0.1) is 6.58 Å². The molecule has 0 aromatic rings. The highest BCUT2D eigenvalue weighted by molar-refractivity contribution is 4.91. The van der Waals surface area contributed by atoms with E-state index in [4.69, 9.17) is 15.3 Å². The number of aliphatic hydroxyl groups is 3. The van der Waals surface area contributed by atoms with Gasteiger partial charge in [-0.05, 0) is 39.5 Å². The fraction of sp³-hybridized carbons (Fsp3) is 0.733. The molecule has 0 heterocycles. The van der Waals surface area contributed by atoms with Gasteiger partial charge in [0.05, 0.1) is 6.61 Å². The quantitative estimate of drug-likeness (QED) is 0.666. The van der Waals surface area contributed by atoms with Crippen LogP contribution in [0, 0.1) is 5.92 Å². The Morgan fingerprint density at radius 3 is 1.56 bits per heavy atom. The van der Waals surface area contributed by atoms with Crippen LogP contribution in [-0.4, -0.2) is 35.1 Å². The number of allylic oxidation sites excluding steroid dienone is 1. The summed E-state index contributed by atoms with van der Waals surface area (Å²) < 4.78 is 0. The second kappa shape index (κ2) is 18.7. The molecular formula is C15H32O3. The lowest BCUT2D eigenvalue weighted by Gasteiger charge is -1.95. The van der Waals surface area contributed by atoms with Crippen LogP contribution in [0.2, 0.25) is 0 Å². The number of aliphatic hydroxyl groups excluding tert-OH is 3. The Labute approximate surface area is 113 Å². The molecule has 0 bridgehead atoms. The first-order chi connectivity index (χ1) is 8.31. The number of rotatable bonds is 5. The van der Waals surface area contributed by atoms with Gasteiger partial charge in [0.25, 0.3) is 0 Å². The van der Waals surface area contributed by atoms with Crippen molar-refractivity contribution in [3.05, 3.63) is 23.8 Å². The summed E-state index contributed by atoms with van der Waals surface area (Å²) >= 11 is 0. The molecular weight excluding hydrogens is 228 g/mol. The maximum atomic E-state index is 8.24. The lowest BCUT2D eigenvalue weighted by atomic mass is 10.2. The van der Waals surface area contributed by atoms with Crippen molar-refractivity contribution in [1.29, 1.82) is 0 Å². The summed E-state index contributed by atoms with van der Waals surface area (Å²) in [6, 6.07) is 0. The van der Waals surface area contributed by atoms with E-state index in [0.717, 1.165) is 24.0 Å². The fourth-order valence-corrected chi connectivity index (χ4v) is 0.632. The highest BCUT2D eigenvalue weighted by atomic mass is 16.3. The Morgan fingerprint density at radius 2 is 1.56 bits per heavy atom. The maximum absolute atomic E-state index is 8.24. The normalized spacial score (nSPS) is 8.72. The zero-order valence-corrected chi connectivity index (χ0v) is 12.7. The largest absolute Gasteiger partial charge is 0.396 e. The molecule has 0 aliphatic heterocycles. The molecule has 0 saturated heterocycles. The summed E-state index contributed by atoms with van der Waals surface area (Å²) in [6.45, 7) is 14.3. The molecule has 0 aromatic heterocycles. The molecule has 0 radical (unpaired) electrons. The third-order valence-electron chi connectivity index (χ3n) is 1.74. The third-order valence-corrected chi connectivity index (χ3v) is 1.74. The molecule has 0 aromatic carbocycles. The predicted molar refractivity (Wildman–Crippen MR) is 79.6 cm³/mol. The first-order valence-corrected chi connectivity index (χ1v) is 6.42. The molecule has 0 amide bonds. The number of hydrogen-bond acceptors (Lipinski definition) is 3. The molecule has 0 fully saturated rings. The van der Waals surface area contributed by atoms with E-state index in [2.05, 4.69) is 20.4 Å². The molecule has 18 heavy (non-hydrogen) atoms. The van der Waals surface area contributed by atoms with Gasteiger partial charge in [-0.25, -0.2) is 0 Å². The van der Waals surface area contributed by atoms with E-state index >= 15 is 0 Å². The molecule has 0 atom stereocenters. The van der Waals surface area contributed by atoms with Gasteiger partial charge in [0, 0.05) is 13.2 Å². The van der Waals surface area contributed by atoms with Crippen molar-refractivity contribution in [2.24, 2.45) is 5.92 Å². The van der Waals surface area contributed by atoms with E-state index in [1.54, 1.807) is 6.08 Å². The summed E-state index contributed by atoms with van der Waals surface area (Å²) in [5.74, 6) is 0.648. The van der Waals surface area contributed by atoms with Gasteiger partial charge in [0.15, 0.2) is 0 Å². The van der Waals surface area contributed by atoms with Crippen LogP contribution in [0.5, 0.6) is 0 Å². The molecule has 0 saturated carbocycles. The van der Waals surface area contributed by atoms with Crippen molar-refractivity contribution >= 4 is 0 Å². The summed E-state index contributed by atoms with van der Waals surface area (Å²) in [4.78, 5) is 0. The molecule has 0 aliphatic carbocycles. The maximum Gasteiger partial charge on any atom is 0.0614 e. The molecule has 0 spiro atoms. The van der Waals surface area contributed by atoms with Gasteiger partial charge in [0.2, 0.25) is 0 Å². The highest BCUT2D eigenvalue weighted by Crippen LogP contribution is 1.94. The van der Waals surface area contributed by atoms with E-state index in [0.29, 0.717) is 12.5 Å². The minimum Gasteiger partial charge on any atom is -0.396 e. The SMILES string of the molecule is C=C(C)CCO.CC(C)=CCO.CC(C)CCO. The lowest BCUT2D eigenvalue weighted by molar-refractivity contribution is 0.268. The van der Waals surface area contributed by atoms with Crippen LogP contribution in [-0.2, 0) is 0 Å². The Bertz CT molecular complexity index is 192. The average molecular weight is 260 g/mol. The van der Waals surface area contributed by atoms with E-state index in [9.17, 15) is 0 Å². The Balaban J connectivity index is -0.000000187. The monoisotopic (exact) mass is 260 g/mol. The van der Waals surface area contributed by atoms with Gasteiger partial charge < -0.3 is 15.3 Å². The van der Waals surface area contributed by atoms with Crippen LogP contribution < -0.4 is 0 Å². The molecule has 0 aliphatic rings. The highest BCUT2D eigenvalue weighted by Gasteiger charge is 1.86. The van der Waals surface area contributed by atoms with Crippen molar-refractivity contribution in [2.75, 3.05) is 19.8 Å². The Kier molecular flexibility index (Phi) is 23.4. The van der Waals surface area contributed by atoms with Crippen LogP contribution in [0.4, 0.5) is 0 Å². The van der Waals surface area contributed by atoms with Crippen LogP contribution in [0.15, 0.2) is 23.8 Å². The summed E-state index contributed by atoms with van der Waals surface area (Å²) in [5.41, 5.74) is 2.20. The van der Waals surface area contributed by atoms with Crippen LogP contribution >= 0.6 is 0 Å². The summed E-state index contributed by atoms with van der Waals surface area (Å²) in [6.07, 6.45) is 3.43. The van der Waals surface area contributed by atoms with E-state index < -0.39 is 0 Å².